The van der Waals surface area contributed by atoms with Crippen LogP contribution in [-0.2, 0) is 0 Å². The van der Waals surface area contributed by atoms with Gasteiger partial charge in [-0.15, -0.1) is 11.3 Å². The summed E-state index contributed by atoms with van der Waals surface area (Å²) in [6, 6.07) is 22.6. The average molecular weight is 420 g/mol. The Labute approximate surface area is 178 Å². The molecule has 4 aromatic rings. The molecule has 3 aromatic carbocycles. The monoisotopic (exact) mass is 419 g/mol. The van der Waals surface area contributed by atoms with E-state index in [1.165, 1.54) is 5.56 Å². The molecule has 0 saturated carbocycles. The van der Waals surface area contributed by atoms with Crippen molar-refractivity contribution in [2.24, 2.45) is 0 Å². The Bertz CT molecular complexity index is 1120. The number of nitrogens with one attached hydrogen (secondary N) is 2. The van der Waals surface area contributed by atoms with Gasteiger partial charge in [0.1, 0.15) is 0 Å². The normalized spacial score (nSPS) is 10.6. The largest absolute Gasteiger partial charge is 0.332 e. The Morgan fingerprint density at radius 3 is 2.24 bits per heavy atom. The molecular weight excluding hydrogens is 402 g/mol. The zero-order valence-electron chi connectivity index (χ0n) is 15.6. The number of anilines is 3. The van der Waals surface area contributed by atoms with Crippen molar-refractivity contribution < 1.29 is 4.79 Å². The highest BCUT2D eigenvalue weighted by Gasteiger charge is 2.08. The number of nitrogens with zero attached hydrogens (tertiary/aromatic N) is 1. The molecule has 4 rings (SSSR count). The standard InChI is InChI=1S/C23H18ClN3OS/c1-15-2-10-20(11-3-15)26-23-27-21(14-29-23)16-6-12-19(13-7-16)25-22(28)17-4-8-18(24)9-5-17/h2-14H,1H3,(H,25,28)(H,26,27). The molecule has 0 atom stereocenters. The molecule has 0 spiro atoms. The van der Waals surface area contributed by atoms with Crippen LogP contribution in [0.1, 0.15) is 15.9 Å². The van der Waals surface area contributed by atoms with Crippen molar-refractivity contribution in [3.63, 3.8) is 0 Å². The van der Waals surface area contributed by atoms with Crippen molar-refractivity contribution in [2.75, 3.05) is 10.6 Å². The molecule has 0 unspecified atom stereocenters. The second-order valence-electron chi connectivity index (χ2n) is 6.57. The summed E-state index contributed by atoms with van der Waals surface area (Å²) in [4.78, 5) is 17.0. The number of rotatable bonds is 5. The Morgan fingerprint density at radius 2 is 1.55 bits per heavy atom. The van der Waals surface area contributed by atoms with Crippen LogP contribution >= 0.6 is 22.9 Å². The van der Waals surface area contributed by atoms with E-state index >= 15 is 0 Å². The summed E-state index contributed by atoms with van der Waals surface area (Å²) in [5.41, 5.74) is 5.39. The van der Waals surface area contributed by atoms with Gasteiger partial charge >= 0.3 is 0 Å². The summed E-state index contributed by atoms with van der Waals surface area (Å²) >= 11 is 7.42. The first-order valence-corrected chi connectivity index (χ1v) is 10.3. The van der Waals surface area contributed by atoms with Crippen LogP contribution in [0, 0.1) is 6.92 Å². The zero-order chi connectivity index (χ0) is 20.2. The van der Waals surface area contributed by atoms with Crippen molar-refractivity contribution in [2.45, 2.75) is 6.92 Å². The van der Waals surface area contributed by atoms with Gasteiger partial charge in [0.25, 0.3) is 5.91 Å². The lowest BCUT2D eigenvalue weighted by molar-refractivity contribution is 0.102. The summed E-state index contributed by atoms with van der Waals surface area (Å²) in [5.74, 6) is -0.173. The van der Waals surface area contributed by atoms with E-state index in [1.54, 1.807) is 35.6 Å². The molecule has 0 aliphatic heterocycles. The highest BCUT2D eigenvalue weighted by atomic mass is 35.5. The number of benzene rings is 3. The fraction of sp³-hybridized carbons (Fsp3) is 0.0435. The Hall–Kier alpha value is -3.15. The first kappa shape index (κ1) is 19.2. The maximum Gasteiger partial charge on any atom is 0.255 e. The molecule has 0 aliphatic carbocycles. The fourth-order valence-electron chi connectivity index (χ4n) is 2.75. The van der Waals surface area contributed by atoms with Crippen LogP contribution in [0.2, 0.25) is 5.02 Å². The molecule has 1 amide bonds. The van der Waals surface area contributed by atoms with Crippen molar-refractivity contribution in [3.8, 4) is 11.3 Å². The van der Waals surface area contributed by atoms with Gasteiger partial charge in [0.2, 0.25) is 0 Å². The minimum Gasteiger partial charge on any atom is -0.332 e. The molecule has 6 heteroatoms. The average Bonchev–Trinajstić information content (AvgIpc) is 3.19. The lowest BCUT2D eigenvalue weighted by atomic mass is 10.1. The van der Waals surface area contributed by atoms with Gasteiger partial charge < -0.3 is 10.6 Å². The van der Waals surface area contributed by atoms with Crippen molar-refractivity contribution in [1.82, 2.24) is 4.98 Å². The number of thiazole rings is 1. The van der Waals surface area contributed by atoms with Crippen LogP contribution in [0.25, 0.3) is 11.3 Å². The summed E-state index contributed by atoms with van der Waals surface area (Å²) < 4.78 is 0. The number of carbonyl (C=O) groups excluding carboxylic acids is 1. The number of carbonyl (C=O) groups is 1. The van der Waals surface area contributed by atoms with Gasteiger partial charge in [-0.3, -0.25) is 4.79 Å². The van der Waals surface area contributed by atoms with E-state index in [9.17, 15) is 4.79 Å². The molecule has 1 heterocycles. The van der Waals surface area contributed by atoms with Crippen LogP contribution in [-0.4, -0.2) is 10.9 Å². The lowest BCUT2D eigenvalue weighted by Crippen LogP contribution is -2.11. The van der Waals surface area contributed by atoms with Gasteiger partial charge in [0, 0.05) is 32.9 Å². The first-order valence-electron chi connectivity index (χ1n) is 9.03. The van der Waals surface area contributed by atoms with E-state index in [4.69, 9.17) is 11.6 Å². The predicted molar refractivity (Wildman–Crippen MR) is 121 cm³/mol. The lowest BCUT2D eigenvalue weighted by Gasteiger charge is -2.06. The second kappa shape index (κ2) is 8.47. The van der Waals surface area contributed by atoms with Crippen LogP contribution < -0.4 is 10.6 Å². The fourth-order valence-corrected chi connectivity index (χ4v) is 3.62. The highest BCUT2D eigenvalue weighted by Crippen LogP contribution is 2.28. The number of aromatic nitrogens is 1. The van der Waals surface area contributed by atoms with Crippen molar-refractivity contribution in [3.05, 3.63) is 94.3 Å². The molecule has 0 saturated heterocycles. The predicted octanol–water partition coefficient (Wildman–Crippen LogP) is 6.77. The van der Waals surface area contributed by atoms with Crippen molar-refractivity contribution in [1.29, 1.82) is 0 Å². The van der Waals surface area contributed by atoms with Gasteiger partial charge in [-0.1, -0.05) is 41.4 Å². The highest BCUT2D eigenvalue weighted by molar-refractivity contribution is 7.14. The molecule has 144 valence electrons. The molecule has 29 heavy (non-hydrogen) atoms. The molecule has 4 nitrogen and oxygen atoms in total. The van der Waals surface area contributed by atoms with E-state index in [-0.39, 0.29) is 5.91 Å². The summed E-state index contributed by atoms with van der Waals surface area (Å²) in [5, 5.41) is 9.66. The Morgan fingerprint density at radius 1 is 0.897 bits per heavy atom. The Kier molecular flexibility index (Phi) is 5.60. The SMILES string of the molecule is Cc1ccc(Nc2nc(-c3ccc(NC(=O)c4ccc(Cl)cc4)cc3)cs2)cc1. The molecule has 2 N–H and O–H groups in total. The van der Waals surface area contributed by atoms with Gasteiger partial charge in [-0.2, -0.15) is 0 Å². The van der Waals surface area contributed by atoms with Crippen LogP contribution in [0.15, 0.2) is 78.2 Å². The minimum atomic E-state index is -0.173. The molecule has 0 fully saturated rings. The zero-order valence-corrected chi connectivity index (χ0v) is 17.2. The molecule has 1 aromatic heterocycles. The summed E-state index contributed by atoms with van der Waals surface area (Å²) in [6.45, 7) is 2.06. The smallest absolute Gasteiger partial charge is 0.255 e. The number of halogens is 1. The van der Waals surface area contributed by atoms with E-state index in [2.05, 4.69) is 34.7 Å². The third-order valence-electron chi connectivity index (χ3n) is 4.35. The Balaban J connectivity index is 1.42. The van der Waals surface area contributed by atoms with E-state index in [1.807, 2.05) is 41.8 Å². The van der Waals surface area contributed by atoms with Crippen molar-refractivity contribution >= 4 is 45.4 Å². The third kappa shape index (κ3) is 4.83. The molecule has 0 aliphatic rings. The quantitative estimate of drug-likeness (QED) is 0.375. The minimum absolute atomic E-state index is 0.173. The van der Waals surface area contributed by atoms with Crippen LogP contribution in [0.3, 0.4) is 0 Å². The maximum absolute atomic E-state index is 12.3. The first-order chi connectivity index (χ1) is 14.1. The topological polar surface area (TPSA) is 54.0 Å². The third-order valence-corrected chi connectivity index (χ3v) is 5.36. The summed E-state index contributed by atoms with van der Waals surface area (Å²) in [6.07, 6.45) is 0. The van der Waals surface area contributed by atoms with Gasteiger partial charge in [0.15, 0.2) is 5.13 Å². The van der Waals surface area contributed by atoms with Crippen LogP contribution in [0.4, 0.5) is 16.5 Å². The molecule has 0 bridgehead atoms. The van der Waals surface area contributed by atoms with E-state index < -0.39 is 0 Å². The van der Waals surface area contributed by atoms with Gasteiger partial charge in [-0.05, 0) is 55.5 Å². The second-order valence-corrected chi connectivity index (χ2v) is 7.86. The molecule has 0 radical (unpaired) electrons. The van der Waals surface area contributed by atoms with E-state index in [0.29, 0.717) is 10.6 Å². The number of hydrogen-bond acceptors (Lipinski definition) is 4. The van der Waals surface area contributed by atoms with E-state index in [0.717, 1.165) is 27.8 Å². The maximum atomic E-state index is 12.3. The number of aryl methyl sites for hydroxylation is 1. The van der Waals surface area contributed by atoms with Crippen LogP contribution in [0.5, 0.6) is 0 Å². The number of hydrogen-bond donors (Lipinski definition) is 2. The van der Waals surface area contributed by atoms with Gasteiger partial charge in [0.05, 0.1) is 5.69 Å². The van der Waals surface area contributed by atoms with Gasteiger partial charge in [-0.25, -0.2) is 4.98 Å². The summed E-state index contributed by atoms with van der Waals surface area (Å²) in [7, 11) is 0. The number of amides is 1. The molecular formula is C23H18ClN3OS.